The minimum Gasteiger partial charge on any atom is -0.345 e. The zero-order valence-corrected chi connectivity index (χ0v) is 9.95. The molecule has 16 heavy (non-hydrogen) atoms. The Kier molecular flexibility index (Phi) is 3.28. The smallest absolute Gasteiger partial charge is 0.207 e. The van der Waals surface area contributed by atoms with Gasteiger partial charge in [-0.15, -0.1) is 0 Å². The summed E-state index contributed by atoms with van der Waals surface area (Å²) in [5.74, 6) is -0.727. The molecule has 0 amide bonds. The zero-order chi connectivity index (χ0) is 11.6. The summed E-state index contributed by atoms with van der Waals surface area (Å²) in [6.07, 6.45) is 0.937. The van der Waals surface area contributed by atoms with Gasteiger partial charge in [0.05, 0.1) is 19.8 Å². The highest BCUT2D eigenvalue weighted by Gasteiger charge is 2.35. The zero-order valence-electron chi connectivity index (χ0n) is 9.95. The van der Waals surface area contributed by atoms with E-state index in [2.05, 4.69) is 32.0 Å². The van der Waals surface area contributed by atoms with Crippen molar-refractivity contribution in [2.45, 2.75) is 26.1 Å². The Morgan fingerprint density at radius 2 is 1.69 bits per heavy atom. The summed E-state index contributed by atoms with van der Waals surface area (Å²) < 4.78 is 11.5. The minimum atomic E-state index is -0.727. The fourth-order valence-electron chi connectivity index (χ4n) is 2.17. The van der Waals surface area contributed by atoms with Crippen LogP contribution in [0.1, 0.15) is 23.1 Å². The van der Waals surface area contributed by atoms with E-state index in [1.54, 1.807) is 0 Å². The Bertz CT molecular complexity index is 350. The maximum Gasteiger partial charge on any atom is 0.207 e. The third-order valence-electron chi connectivity index (χ3n) is 2.89. The fraction of sp³-hybridized carbons (Fsp3) is 0.538. The number of hydrogen-bond acceptors (Lipinski definition) is 3. The second-order valence-corrected chi connectivity index (χ2v) is 4.38. The quantitative estimate of drug-likeness (QED) is 0.829. The Labute approximate surface area is 96.5 Å². The van der Waals surface area contributed by atoms with E-state index in [-0.39, 0.29) is 0 Å². The maximum absolute atomic E-state index is 5.82. The summed E-state index contributed by atoms with van der Waals surface area (Å²) in [6, 6.07) is 6.31. The third kappa shape index (κ3) is 2.12. The van der Waals surface area contributed by atoms with Gasteiger partial charge in [-0.25, -0.2) is 0 Å². The lowest BCUT2D eigenvalue weighted by Gasteiger charge is -2.36. The minimum absolute atomic E-state index is 0.357. The highest BCUT2D eigenvalue weighted by molar-refractivity contribution is 5.32. The molecular formula is C13H19NO2. The molecule has 1 aromatic rings. The van der Waals surface area contributed by atoms with Crippen molar-refractivity contribution in [1.29, 1.82) is 0 Å². The standard InChI is InChI=1S/C13H19NO2/c1-10-6-11(2)8-12(7-10)13(9-14)15-4-3-5-16-13/h6-8H,3-5,9,14H2,1-2H3. The van der Waals surface area contributed by atoms with Gasteiger partial charge in [0.25, 0.3) is 0 Å². The van der Waals surface area contributed by atoms with Gasteiger partial charge in [-0.3, -0.25) is 0 Å². The van der Waals surface area contributed by atoms with Crippen LogP contribution in [0.4, 0.5) is 0 Å². The van der Waals surface area contributed by atoms with Gasteiger partial charge in [0, 0.05) is 5.56 Å². The second-order valence-electron chi connectivity index (χ2n) is 4.38. The van der Waals surface area contributed by atoms with Crippen molar-refractivity contribution in [1.82, 2.24) is 0 Å². The van der Waals surface area contributed by atoms with Crippen LogP contribution in [0.2, 0.25) is 0 Å². The molecule has 0 spiro atoms. The lowest BCUT2D eigenvalue weighted by molar-refractivity contribution is -0.269. The Hall–Kier alpha value is -0.900. The van der Waals surface area contributed by atoms with E-state index >= 15 is 0 Å². The molecule has 1 heterocycles. The summed E-state index contributed by atoms with van der Waals surface area (Å²) in [5, 5.41) is 0. The van der Waals surface area contributed by atoms with Crippen LogP contribution in [0.3, 0.4) is 0 Å². The summed E-state index contributed by atoms with van der Waals surface area (Å²) in [4.78, 5) is 0. The topological polar surface area (TPSA) is 44.5 Å². The van der Waals surface area contributed by atoms with Gasteiger partial charge in [-0.05, 0) is 20.3 Å². The van der Waals surface area contributed by atoms with E-state index in [4.69, 9.17) is 15.2 Å². The average molecular weight is 221 g/mol. The molecule has 2 N–H and O–H groups in total. The molecule has 1 aromatic carbocycles. The van der Waals surface area contributed by atoms with Gasteiger partial charge in [-0.1, -0.05) is 29.3 Å². The molecule has 0 aromatic heterocycles. The van der Waals surface area contributed by atoms with Crippen molar-refractivity contribution < 1.29 is 9.47 Å². The van der Waals surface area contributed by atoms with Crippen LogP contribution in [0.15, 0.2) is 18.2 Å². The third-order valence-corrected chi connectivity index (χ3v) is 2.89. The highest BCUT2D eigenvalue weighted by atomic mass is 16.7. The van der Waals surface area contributed by atoms with Gasteiger partial charge in [0.1, 0.15) is 0 Å². The van der Waals surface area contributed by atoms with Gasteiger partial charge < -0.3 is 15.2 Å². The maximum atomic E-state index is 5.82. The molecule has 3 nitrogen and oxygen atoms in total. The number of benzene rings is 1. The molecule has 88 valence electrons. The first-order valence-electron chi connectivity index (χ1n) is 5.73. The molecular weight excluding hydrogens is 202 g/mol. The van der Waals surface area contributed by atoms with Crippen LogP contribution < -0.4 is 5.73 Å². The van der Waals surface area contributed by atoms with E-state index in [9.17, 15) is 0 Å². The van der Waals surface area contributed by atoms with Gasteiger partial charge >= 0.3 is 0 Å². The predicted molar refractivity (Wildman–Crippen MR) is 63.2 cm³/mol. The molecule has 0 unspecified atom stereocenters. The second kappa shape index (κ2) is 4.53. The van der Waals surface area contributed by atoms with Crippen molar-refractivity contribution in [3.8, 4) is 0 Å². The van der Waals surface area contributed by atoms with E-state index in [1.165, 1.54) is 11.1 Å². The van der Waals surface area contributed by atoms with Crippen molar-refractivity contribution in [2.24, 2.45) is 5.73 Å². The normalized spacial score (nSPS) is 19.7. The van der Waals surface area contributed by atoms with Gasteiger partial charge in [-0.2, -0.15) is 0 Å². The molecule has 2 rings (SSSR count). The molecule has 1 fully saturated rings. The molecule has 1 aliphatic heterocycles. The number of hydrogen-bond donors (Lipinski definition) is 1. The van der Waals surface area contributed by atoms with Crippen molar-refractivity contribution >= 4 is 0 Å². The number of aryl methyl sites for hydroxylation is 2. The first-order chi connectivity index (χ1) is 7.66. The molecule has 0 atom stereocenters. The van der Waals surface area contributed by atoms with Crippen LogP contribution in [0.25, 0.3) is 0 Å². The first kappa shape index (κ1) is 11.6. The Balaban J connectivity index is 2.38. The summed E-state index contributed by atoms with van der Waals surface area (Å²) in [5.41, 5.74) is 9.27. The van der Waals surface area contributed by atoms with Crippen LogP contribution in [0, 0.1) is 13.8 Å². The summed E-state index contributed by atoms with van der Waals surface area (Å²) in [7, 11) is 0. The van der Waals surface area contributed by atoms with Crippen LogP contribution in [-0.4, -0.2) is 19.8 Å². The van der Waals surface area contributed by atoms with E-state index < -0.39 is 5.79 Å². The SMILES string of the molecule is Cc1cc(C)cc(C2(CN)OCCCO2)c1. The summed E-state index contributed by atoms with van der Waals surface area (Å²) in [6.45, 7) is 5.93. The summed E-state index contributed by atoms with van der Waals surface area (Å²) >= 11 is 0. The van der Waals surface area contributed by atoms with Crippen LogP contribution in [-0.2, 0) is 15.3 Å². The highest BCUT2D eigenvalue weighted by Crippen LogP contribution is 2.30. The molecule has 0 bridgehead atoms. The van der Waals surface area contributed by atoms with Crippen molar-refractivity contribution in [3.05, 3.63) is 34.9 Å². The fourth-order valence-corrected chi connectivity index (χ4v) is 2.17. The van der Waals surface area contributed by atoms with Crippen molar-refractivity contribution in [3.63, 3.8) is 0 Å². The molecule has 1 aliphatic rings. The van der Waals surface area contributed by atoms with Crippen molar-refractivity contribution in [2.75, 3.05) is 19.8 Å². The van der Waals surface area contributed by atoms with Crippen LogP contribution in [0.5, 0.6) is 0 Å². The lowest BCUT2D eigenvalue weighted by Crippen LogP contribution is -2.44. The average Bonchev–Trinajstić information content (AvgIpc) is 2.28. The molecule has 3 heteroatoms. The van der Waals surface area contributed by atoms with Gasteiger partial charge in [0.15, 0.2) is 0 Å². The molecule has 1 saturated heterocycles. The molecule has 0 aliphatic carbocycles. The first-order valence-corrected chi connectivity index (χ1v) is 5.73. The molecule has 0 radical (unpaired) electrons. The number of nitrogens with two attached hydrogens (primary N) is 1. The molecule has 0 saturated carbocycles. The van der Waals surface area contributed by atoms with E-state index in [0.29, 0.717) is 19.8 Å². The van der Waals surface area contributed by atoms with E-state index in [1.807, 2.05) is 0 Å². The van der Waals surface area contributed by atoms with Crippen LogP contribution >= 0.6 is 0 Å². The Morgan fingerprint density at radius 1 is 1.12 bits per heavy atom. The monoisotopic (exact) mass is 221 g/mol. The lowest BCUT2D eigenvalue weighted by atomic mass is 9.99. The predicted octanol–water partition coefficient (Wildman–Crippen LogP) is 1.85. The van der Waals surface area contributed by atoms with Gasteiger partial charge in [0.2, 0.25) is 5.79 Å². The largest absolute Gasteiger partial charge is 0.345 e. The van der Waals surface area contributed by atoms with E-state index in [0.717, 1.165) is 12.0 Å². The number of ether oxygens (including phenoxy) is 2. The Morgan fingerprint density at radius 3 is 2.19 bits per heavy atom. The number of rotatable bonds is 2.